The molecule has 0 spiro atoms. The summed E-state index contributed by atoms with van der Waals surface area (Å²) in [7, 11) is 0. The number of phenolic OH excluding ortho intramolecular Hbond substituents is 1. The van der Waals surface area contributed by atoms with Gasteiger partial charge in [-0.15, -0.1) is 24.8 Å². The monoisotopic (exact) mass is 1290 g/mol. The fraction of sp³-hybridized carbons (Fsp3) is 0.421. The fourth-order valence-electron chi connectivity index (χ4n) is 8.14. The van der Waals surface area contributed by atoms with Crippen molar-refractivity contribution in [2.45, 2.75) is 105 Å². The number of aliphatic imine (C=N–C) groups is 3. The zero-order chi connectivity index (χ0) is 60.8. The van der Waals surface area contributed by atoms with E-state index >= 15 is 0 Å². The number of hydrogen-bond acceptors (Lipinski definition) is 20. The molecule has 3 aromatic carbocycles. The minimum Gasteiger partial charge on any atom is -0.507 e. The zero-order valence-corrected chi connectivity index (χ0v) is 52.4. The van der Waals surface area contributed by atoms with Gasteiger partial charge in [0.25, 0.3) is 17.7 Å². The number of benzene rings is 3. The van der Waals surface area contributed by atoms with E-state index in [1.54, 1.807) is 54.5 Å². The predicted octanol–water partition coefficient (Wildman–Crippen LogP) is 9.08. The van der Waals surface area contributed by atoms with Crippen molar-refractivity contribution in [3.63, 3.8) is 0 Å². The van der Waals surface area contributed by atoms with E-state index in [9.17, 15) is 47.0 Å². The van der Waals surface area contributed by atoms with Crippen molar-refractivity contribution in [1.29, 1.82) is 0 Å². The van der Waals surface area contributed by atoms with E-state index in [1.807, 2.05) is 15.0 Å². The molecule has 9 rings (SSSR count). The van der Waals surface area contributed by atoms with Crippen LogP contribution < -0.4 is 36.8 Å². The van der Waals surface area contributed by atoms with Gasteiger partial charge < -0.3 is 30.4 Å². The lowest BCUT2D eigenvalue weighted by molar-refractivity contribution is -0.138. The first-order chi connectivity index (χ1) is 39.9. The van der Waals surface area contributed by atoms with E-state index in [-0.39, 0.29) is 65.7 Å². The van der Waals surface area contributed by atoms with Crippen LogP contribution in [0.4, 0.5) is 18.0 Å². The molecule has 0 radical (unpaired) electrons. The average molecular weight is 1290 g/mol. The Morgan fingerprint density at radius 1 is 0.605 bits per heavy atom. The molecule has 6 heterocycles. The summed E-state index contributed by atoms with van der Waals surface area (Å²) in [6.45, 7) is 17.0. The molecule has 0 bridgehead atoms. The molecule has 2 atom stereocenters. The number of amides is 4. The Morgan fingerprint density at radius 3 is 1.33 bits per heavy atom. The highest BCUT2D eigenvalue weighted by atomic mass is 35.5. The van der Waals surface area contributed by atoms with Crippen molar-refractivity contribution in [2.24, 2.45) is 32.5 Å². The lowest BCUT2D eigenvalue weighted by atomic mass is 10.0. The first kappa shape index (κ1) is 70.3. The molecular formula is C57H70Cl2F3N11O10S3. The van der Waals surface area contributed by atoms with E-state index in [2.05, 4.69) is 36.6 Å². The van der Waals surface area contributed by atoms with Crippen molar-refractivity contribution in [3.05, 3.63) is 103 Å². The summed E-state index contributed by atoms with van der Waals surface area (Å²) in [5.74, 6) is -4.97. The summed E-state index contributed by atoms with van der Waals surface area (Å²) in [6, 6.07) is 9.32. The maximum absolute atomic E-state index is 14.0. The minimum absolute atomic E-state index is 0. The summed E-state index contributed by atoms with van der Waals surface area (Å²) in [5, 5.41) is 19.5. The third kappa shape index (κ3) is 20.3. The van der Waals surface area contributed by atoms with Gasteiger partial charge in [0.1, 0.15) is 52.4 Å². The number of alkyl carbamates (subject to hydrolysis) is 1. The molecule has 0 saturated carbocycles. The highest BCUT2D eigenvalue weighted by Gasteiger charge is 2.33. The largest absolute Gasteiger partial charge is 0.507 e. The number of hydrogen-bond donors (Lipinski definition) is 6. The predicted molar refractivity (Wildman–Crippen MR) is 333 cm³/mol. The summed E-state index contributed by atoms with van der Waals surface area (Å²) in [5.41, 5.74) is 15.8. The van der Waals surface area contributed by atoms with Crippen LogP contribution >= 0.6 is 60.1 Å². The van der Waals surface area contributed by atoms with Crippen LogP contribution in [0.25, 0.3) is 18.2 Å². The molecule has 21 nitrogen and oxygen atoms in total. The highest BCUT2D eigenvalue weighted by Crippen LogP contribution is 2.36. The fourth-order valence-corrected chi connectivity index (χ4v) is 10.9. The third-order valence-corrected chi connectivity index (χ3v) is 15.7. The van der Waals surface area contributed by atoms with Crippen molar-refractivity contribution < 1.29 is 61.3 Å². The van der Waals surface area contributed by atoms with Crippen LogP contribution in [0.3, 0.4) is 0 Å². The summed E-state index contributed by atoms with van der Waals surface area (Å²) < 4.78 is 56.7. The number of nitrogens with zero attached hydrogens (tertiary/aromatic N) is 6. The topological polar surface area (TPSA) is 271 Å². The number of rotatable bonds is 10. The number of ether oxygens (including phenoxy) is 3. The lowest BCUT2D eigenvalue weighted by Crippen LogP contribution is -2.48. The molecule has 3 saturated heterocycles. The van der Waals surface area contributed by atoms with Gasteiger partial charge in [-0.25, -0.2) is 43.8 Å². The second-order valence-corrected chi connectivity index (χ2v) is 24.3. The summed E-state index contributed by atoms with van der Waals surface area (Å²) >= 11 is 3.68. The van der Waals surface area contributed by atoms with Crippen LogP contribution in [0.5, 0.6) is 17.2 Å². The Bertz CT molecular complexity index is 3180. The molecule has 6 aliphatic rings. The van der Waals surface area contributed by atoms with Crippen LogP contribution in [0.15, 0.2) is 84.3 Å². The number of amidine groups is 3. The first-order valence-corrected chi connectivity index (χ1v) is 29.7. The average Bonchev–Trinajstić information content (AvgIpc) is 3.83. The van der Waals surface area contributed by atoms with Gasteiger partial charge in [-0.05, 0) is 161 Å². The van der Waals surface area contributed by atoms with Crippen LogP contribution in [-0.2, 0) is 28.7 Å². The van der Waals surface area contributed by atoms with E-state index < -0.39 is 59.1 Å². The zero-order valence-electron chi connectivity index (χ0n) is 48.3. The Hall–Kier alpha value is -6.43. The van der Waals surface area contributed by atoms with Gasteiger partial charge in [0.15, 0.2) is 15.5 Å². The molecule has 29 heteroatoms. The standard InChI is InChI=1S/C24H31FN4O5S.C19H23FN4O3S.C14H14FN3O2S.2ClH/c1-14(2)19(27-23(32)34-24(3,4)5)21(31)33-17-13-16(25)9-8-15(17)12-18-20(30)28-22(35-18)29-11-7-6-10-26-29;1-11(2)16(21)18(26)27-14-10-13(20)6-5-12(14)9-15-17(25)23-19(28-15)24-8-4-3-7-22-24;15-10-4-3-9(11(19)8-10)7-12-13(20)17-14(21-12)18-6-2-1-5-16-18;;/h8-9,12-14,19,26H,6-7,10-11H2,1-5H3,(H,27,32);5-6,9-11,16,22H,3-4,7-8,21H2,1-2H3;3-4,7-8,16,19H,1-2,5-6H2;2*1H/b18-12+;15-9+;12-7-;;/t19-;16-;;;/m01.../s1. The molecular weight excluding hydrogens is 1220 g/mol. The van der Waals surface area contributed by atoms with Gasteiger partial charge in [0.2, 0.25) is 0 Å². The summed E-state index contributed by atoms with van der Waals surface area (Å²) in [6.07, 6.45) is 10.1. The number of nitrogens with one attached hydrogen (secondary N) is 4. The van der Waals surface area contributed by atoms with E-state index in [1.165, 1.54) is 83.8 Å². The number of carbonyl (C=O) groups is 6. The van der Waals surface area contributed by atoms with Crippen molar-refractivity contribution in [3.8, 4) is 17.2 Å². The smallest absolute Gasteiger partial charge is 0.408 e. The molecule has 0 unspecified atom stereocenters. The number of esters is 2. The molecule has 4 amide bonds. The molecule has 466 valence electrons. The molecule has 86 heavy (non-hydrogen) atoms. The second kappa shape index (κ2) is 32.5. The third-order valence-electron chi connectivity index (χ3n) is 12.7. The van der Waals surface area contributed by atoms with E-state index in [0.717, 1.165) is 96.0 Å². The Morgan fingerprint density at radius 2 is 0.977 bits per heavy atom. The Balaban J connectivity index is 0.000000239. The highest BCUT2D eigenvalue weighted by molar-refractivity contribution is 8.19. The van der Waals surface area contributed by atoms with Gasteiger partial charge in [0.05, 0.1) is 14.7 Å². The van der Waals surface area contributed by atoms with Crippen LogP contribution in [0.1, 0.15) is 104 Å². The summed E-state index contributed by atoms with van der Waals surface area (Å²) in [4.78, 5) is 87.3. The molecule has 0 aromatic heterocycles. The molecule has 0 aliphatic carbocycles. The molecule has 7 N–H and O–H groups in total. The number of carbonyl (C=O) groups excluding carboxylic acids is 6. The molecule has 6 aliphatic heterocycles. The van der Waals surface area contributed by atoms with Gasteiger partial charge in [-0.1, -0.05) is 27.7 Å². The van der Waals surface area contributed by atoms with E-state index in [4.69, 9.17) is 19.9 Å². The van der Waals surface area contributed by atoms with Gasteiger partial charge >= 0.3 is 18.0 Å². The number of thioether (sulfide) groups is 3. The Labute approximate surface area is 521 Å². The number of phenols is 1. The van der Waals surface area contributed by atoms with Crippen LogP contribution in [-0.4, -0.2) is 128 Å². The lowest BCUT2D eigenvalue weighted by Gasteiger charge is -2.28. The van der Waals surface area contributed by atoms with Gasteiger partial charge in [0, 0.05) is 74.2 Å². The quantitative estimate of drug-likeness (QED) is 0.0627. The van der Waals surface area contributed by atoms with Crippen molar-refractivity contribution in [1.82, 2.24) is 36.6 Å². The Kier molecular flexibility index (Phi) is 26.6. The first-order valence-electron chi connectivity index (χ1n) is 27.3. The van der Waals surface area contributed by atoms with Crippen LogP contribution in [0.2, 0.25) is 0 Å². The maximum Gasteiger partial charge on any atom is 0.408 e. The van der Waals surface area contributed by atoms with Crippen molar-refractivity contribution in [2.75, 3.05) is 39.3 Å². The second-order valence-electron chi connectivity index (χ2n) is 21.3. The number of nitrogens with two attached hydrogens (primary N) is 1. The maximum atomic E-state index is 14.0. The van der Waals surface area contributed by atoms with Crippen molar-refractivity contribution >= 4 is 130 Å². The molecule has 3 fully saturated rings. The molecule has 3 aromatic rings. The minimum atomic E-state index is -1.03. The van der Waals surface area contributed by atoms with Gasteiger partial charge in [-0.2, -0.15) is 15.0 Å². The number of aromatic hydroxyl groups is 1. The SMILES string of the molecule is CC(C)[C@@H](N)C(=O)Oc1cc(F)ccc1/C=C1/SC(N2CCCCN2)=NC1=O.CC(C)[C@H](NC(=O)OC(C)(C)C)C(=O)Oc1cc(F)ccc1/C=C1/SC(N2CCCCN2)=NC1=O.Cl.Cl.O=C1N=C(N2CCCCN2)S/C1=C\c1ccc(F)cc1O. The number of hydrazine groups is 3. The van der Waals surface area contributed by atoms with Crippen LogP contribution in [0, 0.1) is 29.3 Å². The normalized spacial score (nSPS) is 19.1. The van der Waals surface area contributed by atoms with Gasteiger partial charge in [-0.3, -0.25) is 29.4 Å². The van der Waals surface area contributed by atoms with E-state index in [0.29, 0.717) is 46.9 Å². The number of halogens is 5.